The number of carbonyl (C=O) groups excluding carboxylic acids is 2. The Balaban J connectivity index is 1.81. The summed E-state index contributed by atoms with van der Waals surface area (Å²) in [5.41, 5.74) is 1.27. The van der Waals surface area contributed by atoms with Crippen LogP contribution in [-0.4, -0.2) is 40.7 Å². The lowest BCUT2D eigenvalue weighted by molar-refractivity contribution is -0.384. The van der Waals surface area contributed by atoms with Gasteiger partial charge in [-0.2, -0.15) is 0 Å². The van der Waals surface area contributed by atoms with Crippen LogP contribution in [0.1, 0.15) is 39.2 Å². The molecule has 0 amide bonds. The molecule has 10 nitrogen and oxygen atoms in total. The number of nitrogens with zero attached hydrogens (tertiary/aromatic N) is 2. The Hall–Kier alpha value is -4.25. The normalized spacial score (nSPS) is 20.6. The molecule has 2 N–H and O–H groups in total. The van der Waals surface area contributed by atoms with Gasteiger partial charge in [-0.1, -0.05) is 42.5 Å². The molecule has 4 rings (SSSR count). The fourth-order valence-corrected chi connectivity index (χ4v) is 5.84. The minimum absolute atomic E-state index is 0.0530. The van der Waals surface area contributed by atoms with E-state index in [4.69, 9.17) is 9.47 Å². The summed E-state index contributed by atoms with van der Waals surface area (Å²) in [7, 11) is 0. The summed E-state index contributed by atoms with van der Waals surface area (Å²) in [6.07, 6.45) is 0. The third-order valence-electron chi connectivity index (χ3n) is 6.56. The van der Waals surface area contributed by atoms with Crippen molar-refractivity contribution in [3.05, 3.63) is 86.9 Å². The van der Waals surface area contributed by atoms with E-state index < -0.39 is 34.4 Å². The monoisotopic (exact) mass is 550 g/mol. The number of para-hydroxylation sites is 1. The smallest absolute Gasteiger partial charge is 0.336 e. The molecule has 39 heavy (non-hydrogen) atoms. The van der Waals surface area contributed by atoms with E-state index in [1.165, 1.54) is 17.4 Å². The van der Waals surface area contributed by atoms with Crippen molar-refractivity contribution in [2.75, 3.05) is 18.5 Å². The van der Waals surface area contributed by atoms with Gasteiger partial charge in [-0.3, -0.25) is 14.9 Å². The fourth-order valence-electron chi connectivity index (χ4n) is 5.02. The Morgan fingerprint density at radius 2 is 1.77 bits per heavy atom. The van der Waals surface area contributed by atoms with E-state index in [0.717, 1.165) is 5.56 Å². The van der Waals surface area contributed by atoms with E-state index in [0.29, 0.717) is 27.7 Å². The number of aromatic nitrogens is 1. The highest BCUT2D eigenvalue weighted by Gasteiger charge is 2.53. The Kier molecular flexibility index (Phi) is 8.29. The minimum Gasteiger partial charge on any atom is -0.466 e. The van der Waals surface area contributed by atoms with Crippen molar-refractivity contribution < 1.29 is 24.0 Å². The van der Waals surface area contributed by atoms with Gasteiger partial charge >= 0.3 is 11.9 Å². The van der Waals surface area contributed by atoms with Crippen LogP contribution in [0.25, 0.3) is 11.3 Å². The number of nitro groups is 1. The number of thiazole rings is 1. The van der Waals surface area contributed by atoms with Crippen LogP contribution < -0.4 is 10.6 Å². The second kappa shape index (κ2) is 11.6. The molecule has 0 saturated heterocycles. The number of allylic oxidation sites excluding steroid dienone is 1. The second-order valence-corrected chi connectivity index (χ2v) is 10.00. The molecule has 1 aromatic heterocycles. The van der Waals surface area contributed by atoms with Crippen LogP contribution in [0.3, 0.4) is 0 Å². The number of hydrogen-bond donors (Lipinski definition) is 2. The summed E-state index contributed by atoms with van der Waals surface area (Å²) in [4.78, 5) is 42.5. The molecule has 1 aliphatic rings. The van der Waals surface area contributed by atoms with Crippen molar-refractivity contribution in [2.24, 2.45) is 5.92 Å². The Labute approximate surface area is 230 Å². The van der Waals surface area contributed by atoms with Crippen LogP contribution in [0.15, 0.2) is 71.2 Å². The third-order valence-corrected chi connectivity index (χ3v) is 7.32. The van der Waals surface area contributed by atoms with Gasteiger partial charge in [0.15, 0.2) is 5.13 Å². The number of nitro benzene ring substituents is 1. The van der Waals surface area contributed by atoms with Crippen LogP contribution in [-0.2, 0) is 19.1 Å². The van der Waals surface area contributed by atoms with E-state index in [1.54, 1.807) is 44.4 Å². The lowest BCUT2D eigenvalue weighted by atomic mass is 9.71. The van der Waals surface area contributed by atoms with Gasteiger partial charge in [-0.25, -0.2) is 9.78 Å². The highest BCUT2D eigenvalue weighted by atomic mass is 32.1. The number of rotatable bonds is 9. The summed E-state index contributed by atoms with van der Waals surface area (Å²) < 4.78 is 10.9. The van der Waals surface area contributed by atoms with E-state index in [9.17, 15) is 19.7 Å². The molecule has 0 spiro atoms. The molecule has 2 heterocycles. The third kappa shape index (κ3) is 5.63. The number of esters is 2. The summed E-state index contributed by atoms with van der Waals surface area (Å²) in [5, 5.41) is 20.4. The van der Waals surface area contributed by atoms with Crippen molar-refractivity contribution in [2.45, 2.75) is 39.3 Å². The molecule has 0 saturated carbocycles. The minimum atomic E-state index is -1.15. The van der Waals surface area contributed by atoms with Crippen LogP contribution in [0.5, 0.6) is 0 Å². The predicted octanol–water partition coefficient (Wildman–Crippen LogP) is 5.25. The summed E-state index contributed by atoms with van der Waals surface area (Å²) >= 11 is 1.25. The first-order valence-electron chi connectivity index (χ1n) is 12.5. The van der Waals surface area contributed by atoms with Gasteiger partial charge in [0.1, 0.15) is 11.6 Å². The molecule has 3 unspecified atom stereocenters. The van der Waals surface area contributed by atoms with Crippen molar-refractivity contribution in [3.8, 4) is 11.3 Å². The zero-order chi connectivity index (χ0) is 28.2. The maximum Gasteiger partial charge on any atom is 0.336 e. The van der Waals surface area contributed by atoms with Gasteiger partial charge in [0.25, 0.3) is 5.69 Å². The first-order chi connectivity index (χ1) is 18.7. The largest absolute Gasteiger partial charge is 0.466 e. The van der Waals surface area contributed by atoms with Crippen LogP contribution >= 0.6 is 11.3 Å². The maximum atomic E-state index is 13.6. The maximum absolute atomic E-state index is 13.6. The molecule has 0 bridgehead atoms. The number of nitrogens with one attached hydrogen (secondary N) is 2. The molecular formula is C28H30N4O6S. The average molecular weight is 551 g/mol. The summed E-state index contributed by atoms with van der Waals surface area (Å²) in [5.74, 6) is -2.60. The van der Waals surface area contributed by atoms with Gasteiger partial charge in [0.2, 0.25) is 0 Å². The highest BCUT2D eigenvalue weighted by Crippen LogP contribution is 2.45. The number of ether oxygens (including phenoxy) is 2. The van der Waals surface area contributed by atoms with Gasteiger partial charge in [-0.15, -0.1) is 11.3 Å². The van der Waals surface area contributed by atoms with Gasteiger partial charge in [-0.05, 0) is 39.3 Å². The van der Waals surface area contributed by atoms with Gasteiger partial charge < -0.3 is 20.1 Å². The molecule has 11 heteroatoms. The zero-order valence-corrected chi connectivity index (χ0v) is 22.9. The van der Waals surface area contributed by atoms with Crippen LogP contribution in [0.4, 0.5) is 10.8 Å². The van der Waals surface area contributed by atoms with E-state index in [-0.39, 0.29) is 18.9 Å². The Morgan fingerprint density at radius 1 is 1.10 bits per heavy atom. The average Bonchev–Trinajstić information content (AvgIpc) is 3.36. The van der Waals surface area contributed by atoms with Crippen LogP contribution in [0.2, 0.25) is 0 Å². The van der Waals surface area contributed by atoms with Crippen molar-refractivity contribution in [3.63, 3.8) is 0 Å². The predicted molar refractivity (Wildman–Crippen MR) is 148 cm³/mol. The second-order valence-electron chi connectivity index (χ2n) is 9.14. The van der Waals surface area contributed by atoms with Crippen molar-refractivity contribution in [1.29, 1.82) is 0 Å². The van der Waals surface area contributed by atoms with E-state index in [2.05, 4.69) is 15.6 Å². The first kappa shape index (κ1) is 27.8. The summed E-state index contributed by atoms with van der Waals surface area (Å²) in [6.45, 7) is 7.37. The Morgan fingerprint density at radius 3 is 2.44 bits per heavy atom. The fraction of sp³-hybridized carbons (Fsp3) is 0.321. The molecule has 0 aliphatic carbocycles. The molecule has 204 valence electrons. The standard InChI is InChI=1S/C28H30N4O6S/c1-5-37-25(33)22-17(3)30-28(4,24(26(34)38-6-2)23(22)18-12-8-7-9-13-18)31-27-29-20(16-39-27)19-14-10-11-15-21(19)32(35)36/h7-16,23-24,30H,5-6H2,1-4H3,(H,29,31). The quantitative estimate of drug-likeness (QED) is 0.208. The molecule has 3 atom stereocenters. The molecule has 3 aromatic rings. The number of anilines is 1. The van der Waals surface area contributed by atoms with Crippen molar-refractivity contribution in [1.82, 2.24) is 10.3 Å². The lowest BCUT2D eigenvalue weighted by Crippen LogP contribution is -2.62. The molecule has 2 aromatic carbocycles. The van der Waals surface area contributed by atoms with Gasteiger partial charge in [0, 0.05) is 23.1 Å². The van der Waals surface area contributed by atoms with E-state index in [1.807, 2.05) is 37.3 Å². The molecule has 1 aliphatic heterocycles. The molecule has 0 fully saturated rings. The SMILES string of the molecule is CCOC(=O)C1=C(C)NC(C)(Nc2nc(-c3ccccc3[N+](=O)[O-])cs2)C(C(=O)OCC)C1c1ccccc1. The number of hydrogen-bond acceptors (Lipinski definition) is 10. The molecule has 0 radical (unpaired) electrons. The topological polar surface area (TPSA) is 133 Å². The zero-order valence-electron chi connectivity index (χ0n) is 22.1. The highest BCUT2D eigenvalue weighted by molar-refractivity contribution is 7.14. The Bertz CT molecular complexity index is 1410. The lowest BCUT2D eigenvalue weighted by Gasteiger charge is -2.46. The number of benzene rings is 2. The van der Waals surface area contributed by atoms with E-state index >= 15 is 0 Å². The van der Waals surface area contributed by atoms with Crippen LogP contribution in [0, 0.1) is 16.0 Å². The summed E-state index contributed by atoms with van der Waals surface area (Å²) in [6, 6.07) is 15.7. The van der Waals surface area contributed by atoms with Gasteiger partial charge in [0.05, 0.1) is 35.0 Å². The first-order valence-corrected chi connectivity index (χ1v) is 13.4. The van der Waals surface area contributed by atoms with Crippen molar-refractivity contribution >= 4 is 34.1 Å². The number of carbonyl (C=O) groups is 2. The molecular weight excluding hydrogens is 520 g/mol.